The van der Waals surface area contributed by atoms with Crippen LogP contribution >= 0.6 is 0 Å². The SMILES string of the molecule is O=C(Cc1ccc2c(c1)C(=O)c1nc3ccccc3c(=O)n1-2)OCCOCCOCCOCCO. The minimum absolute atomic E-state index is 0.0157. The minimum Gasteiger partial charge on any atom is -0.463 e. The summed E-state index contributed by atoms with van der Waals surface area (Å²) in [5.74, 6) is -0.731. The lowest BCUT2D eigenvalue weighted by atomic mass is 10.1. The molecular weight excluding hydrogens is 456 g/mol. The molecular formula is C25H26N2O8. The molecule has 0 unspecified atom stereocenters. The number of carbonyl (C=O) groups excluding carboxylic acids is 2. The monoisotopic (exact) mass is 482 g/mol. The standard InChI is InChI=1S/C25H26N2O8/c28-7-8-32-9-10-33-11-12-34-13-14-35-22(29)16-17-5-6-21-19(15-17)23(30)24-26-20-4-2-1-3-18(20)25(31)27(21)24/h1-6,15,28H,7-14,16H2. The zero-order valence-corrected chi connectivity index (χ0v) is 19.1. The van der Waals surface area contributed by atoms with Crippen molar-refractivity contribution in [2.24, 2.45) is 0 Å². The molecule has 0 aliphatic carbocycles. The molecule has 0 radical (unpaired) electrons. The first-order valence-electron chi connectivity index (χ1n) is 11.3. The van der Waals surface area contributed by atoms with Crippen LogP contribution in [0.4, 0.5) is 0 Å². The zero-order valence-electron chi connectivity index (χ0n) is 19.1. The first-order valence-corrected chi connectivity index (χ1v) is 11.3. The molecule has 2 aromatic carbocycles. The second-order valence-electron chi connectivity index (χ2n) is 7.73. The number of carbonyl (C=O) groups is 2. The van der Waals surface area contributed by atoms with Gasteiger partial charge in [0.1, 0.15) is 6.61 Å². The van der Waals surface area contributed by atoms with E-state index in [1.165, 1.54) is 4.57 Å². The molecule has 184 valence electrons. The Labute approximate surface area is 201 Å². The van der Waals surface area contributed by atoms with Crippen LogP contribution in [0.3, 0.4) is 0 Å². The molecule has 4 rings (SSSR count). The van der Waals surface area contributed by atoms with Gasteiger partial charge in [0.05, 0.1) is 74.8 Å². The molecule has 0 atom stereocenters. The van der Waals surface area contributed by atoms with Crippen molar-refractivity contribution in [2.75, 3.05) is 52.9 Å². The van der Waals surface area contributed by atoms with E-state index in [0.717, 1.165) is 0 Å². The number of ketones is 1. The summed E-state index contributed by atoms with van der Waals surface area (Å²) >= 11 is 0. The summed E-state index contributed by atoms with van der Waals surface area (Å²) in [5, 5.41) is 9.02. The first kappa shape index (κ1) is 24.7. The van der Waals surface area contributed by atoms with Crippen LogP contribution < -0.4 is 5.56 Å². The number of hydrogen-bond donors (Lipinski definition) is 1. The highest BCUT2D eigenvalue weighted by Gasteiger charge is 2.30. The topological polar surface area (TPSA) is 126 Å². The van der Waals surface area contributed by atoms with Gasteiger partial charge in [-0.15, -0.1) is 0 Å². The molecule has 0 fully saturated rings. The molecule has 10 heteroatoms. The number of aliphatic hydroxyl groups excluding tert-OH is 1. The summed E-state index contributed by atoms with van der Waals surface area (Å²) < 4.78 is 22.2. The fourth-order valence-electron chi connectivity index (χ4n) is 3.74. The van der Waals surface area contributed by atoms with Gasteiger partial charge in [-0.2, -0.15) is 0 Å². The van der Waals surface area contributed by atoms with Crippen molar-refractivity contribution in [3.63, 3.8) is 0 Å². The molecule has 2 heterocycles. The summed E-state index contributed by atoms with van der Waals surface area (Å²) in [5.41, 5.74) is 1.56. The van der Waals surface area contributed by atoms with Crippen LogP contribution in [0, 0.1) is 0 Å². The van der Waals surface area contributed by atoms with E-state index in [4.69, 9.17) is 24.1 Å². The predicted molar refractivity (Wildman–Crippen MR) is 125 cm³/mol. The van der Waals surface area contributed by atoms with Crippen LogP contribution in [0.25, 0.3) is 16.6 Å². The average molecular weight is 482 g/mol. The van der Waals surface area contributed by atoms with E-state index in [-0.39, 0.29) is 50.0 Å². The van der Waals surface area contributed by atoms with Gasteiger partial charge in [-0.25, -0.2) is 4.98 Å². The summed E-state index contributed by atoms with van der Waals surface area (Å²) in [6.07, 6.45) is -0.0157. The average Bonchev–Trinajstić information content (AvgIpc) is 3.14. The number of hydrogen-bond acceptors (Lipinski definition) is 9. The van der Waals surface area contributed by atoms with Crippen LogP contribution in [-0.2, 0) is 30.2 Å². The van der Waals surface area contributed by atoms with Gasteiger partial charge >= 0.3 is 5.97 Å². The predicted octanol–water partition coefficient (Wildman–Crippen LogP) is 1.06. The molecule has 0 bridgehead atoms. The van der Waals surface area contributed by atoms with Gasteiger partial charge in [0.15, 0.2) is 5.82 Å². The molecule has 1 N–H and O–H groups in total. The van der Waals surface area contributed by atoms with E-state index < -0.39 is 5.97 Å². The van der Waals surface area contributed by atoms with Crippen LogP contribution in [0.2, 0.25) is 0 Å². The quantitative estimate of drug-likeness (QED) is 0.220. The van der Waals surface area contributed by atoms with Gasteiger partial charge in [0.25, 0.3) is 5.56 Å². The minimum atomic E-state index is -0.449. The van der Waals surface area contributed by atoms with E-state index in [1.807, 2.05) is 0 Å². The number of aromatic nitrogens is 2. The maximum absolute atomic E-state index is 12.9. The number of aliphatic hydroxyl groups is 1. The van der Waals surface area contributed by atoms with Gasteiger partial charge in [0, 0.05) is 0 Å². The van der Waals surface area contributed by atoms with E-state index in [1.54, 1.807) is 42.5 Å². The van der Waals surface area contributed by atoms with Crippen molar-refractivity contribution in [2.45, 2.75) is 6.42 Å². The molecule has 3 aromatic rings. The maximum Gasteiger partial charge on any atom is 0.310 e. The second-order valence-corrected chi connectivity index (χ2v) is 7.73. The number of ether oxygens (including phenoxy) is 4. The first-order chi connectivity index (χ1) is 17.1. The van der Waals surface area contributed by atoms with Crippen molar-refractivity contribution >= 4 is 22.7 Å². The van der Waals surface area contributed by atoms with Crippen molar-refractivity contribution in [1.29, 1.82) is 0 Å². The third-order valence-corrected chi connectivity index (χ3v) is 5.34. The number of nitrogens with zero attached hydrogens (tertiary/aromatic N) is 2. The lowest BCUT2D eigenvalue weighted by molar-refractivity contribution is -0.144. The molecule has 10 nitrogen and oxygen atoms in total. The van der Waals surface area contributed by atoms with Gasteiger partial charge in [-0.05, 0) is 29.8 Å². The number of rotatable bonds is 13. The van der Waals surface area contributed by atoms with E-state index in [2.05, 4.69) is 4.98 Å². The Balaban J connectivity index is 1.25. The van der Waals surface area contributed by atoms with Crippen molar-refractivity contribution in [1.82, 2.24) is 9.55 Å². The number of fused-ring (bicyclic) bond motifs is 4. The Hall–Kier alpha value is -3.44. The molecule has 0 spiro atoms. The van der Waals surface area contributed by atoms with Crippen molar-refractivity contribution in [3.8, 4) is 5.69 Å². The summed E-state index contributed by atoms with van der Waals surface area (Å²) in [4.78, 5) is 42.4. The van der Waals surface area contributed by atoms with E-state index >= 15 is 0 Å². The highest BCUT2D eigenvalue weighted by Crippen LogP contribution is 2.27. The summed E-state index contributed by atoms with van der Waals surface area (Å²) in [7, 11) is 0. The molecule has 35 heavy (non-hydrogen) atoms. The van der Waals surface area contributed by atoms with Gasteiger partial charge in [0.2, 0.25) is 5.78 Å². The molecule has 0 amide bonds. The Kier molecular flexibility index (Phi) is 8.32. The van der Waals surface area contributed by atoms with Gasteiger partial charge < -0.3 is 24.1 Å². The number of esters is 1. The van der Waals surface area contributed by atoms with Crippen LogP contribution in [0.15, 0.2) is 47.3 Å². The highest BCUT2D eigenvalue weighted by molar-refractivity contribution is 6.13. The Bertz CT molecular complexity index is 1270. The lowest BCUT2D eigenvalue weighted by Gasteiger charge is -2.08. The molecule has 1 aliphatic rings. The summed E-state index contributed by atoms with van der Waals surface area (Å²) in [6.45, 7) is 2.15. The third kappa shape index (κ3) is 5.80. The third-order valence-electron chi connectivity index (χ3n) is 5.34. The van der Waals surface area contributed by atoms with Crippen LogP contribution in [0.1, 0.15) is 21.7 Å². The van der Waals surface area contributed by atoms with E-state index in [0.29, 0.717) is 54.1 Å². The smallest absolute Gasteiger partial charge is 0.310 e. The number of benzene rings is 2. The van der Waals surface area contributed by atoms with Crippen LogP contribution in [-0.4, -0.2) is 79.3 Å². The molecule has 1 aliphatic heterocycles. The fraction of sp³-hybridized carbons (Fsp3) is 0.360. The zero-order chi connectivity index (χ0) is 24.6. The normalized spacial score (nSPS) is 12.1. The maximum atomic E-state index is 12.9. The Morgan fingerprint density at radius 3 is 2.31 bits per heavy atom. The summed E-state index contributed by atoms with van der Waals surface area (Å²) in [6, 6.07) is 11.8. The fourth-order valence-corrected chi connectivity index (χ4v) is 3.74. The van der Waals surface area contributed by atoms with Gasteiger partial charge in [-0.3, -0.25) is 19.0 Å². The molecule has 0 saturated carbocycles. The second kappa shape index (κ2) is 11.8. The van der Waals surface area contributed by atoms with Gasteiger partial charge in [-0.1, -0.05) is 18.2 Å². The Morgan fingerprint density at radius 2 is 1.57 bits per heavy atom. The van der Waals surface area contributed by atoms with Crippen molar-refractivity contribution < 1.29 is 33.6 Å². The molecule has 1 aromatic heterocycles. The molecule has 0 saturated heterocycles. The highest BCUT2D eigenvalue weighted by atomic mass is 16.6. The van der Waals surface area contributed by atoms with Crippen molar-refractivity contribution in [3.05, 3.63) is 69.8 Å². The lowest BCUT2D eigenvalue weighted by Crippen LogP contribution is -2.21. The number of para-hydroxylation sites is 1. The van der Waals surface area contributed by atoms with Crippen LogP contribution in [0.5, 0.6) is 0 Å². The largest absolute Gasteiger partial charge is 0.463 e. The van der Waals surface area contributed by atoms with E-state index in [9.17, 15) is 14.4 Å². The Morgan fingerprint density at radius 1 is 0.886 bits per heavy atom.